The molecular formula is C20H27NO5. The predicted molar refractivity (Wildman–Crippen MR) is 99.1 cm³/mol. The number of carbonyl (C=O) groups is 2. The molecule has 1 aliphatic heterocycles. The summed E-state index contributed by atoms with van der Waals surface area (Å²) in [6.45, 7) is 5.46. The van der Waals surface area contributed by atoms with Crippen LogP contribution in [0.3, 0.4) is 0 Å². The molecular weight excluding hydrogens is 334 g/mol. The van der Waals surface area contributed by atoms with Gasteiger partial charge in [-0.25, -0.2) is 4.79 Å². The average molecular weight is 361 g/mol. The molecule has 0 radical (unpaired) electrons. The second-order valence-corrected chi connectivity index (χ2v) is 6.77. The van der Waals surface area contributed by atoms with Crippen molar-refractivity contribution in [2.24, 2.45) is 11.8 Å². The summed E-state index contributed by atoms with van der Waals surface area (Å²) < 4.78 is 15.6. The van der Waals surface area contributed by atoms with Crippen molar-refractivity contribution in [1.82, 2.24) is 4.90 Å². The van der Waals surface area contributed by atoms with Crippen LogP contribution in [0.25, 0.3) is 6.08 Å². The molecule has 1 heterocycles. The molecule has 0 aromatic heterocycles. The molecule has 1 aromatic carbocycles. The van der Waals surface area contributed by atoms with Crippen molar-refractivity contribution < 1.29 is 23.8 Å². The third-order valence-corrected chi connectivity index (χ3v) is 4.39. The Morgan fingerprint density at radius 3 is 2.46 bits per heavy atom. The van der Waals surface area contributed by atoms with Gasteiger partial charge in [0.1, 0.15) is 0 Å². The van der Waals surface area contributed by atoms with Gasteiger partial charge in [0, 0.05) is 24.7 Å². The van der Waals surface area contributed by atoms with E-state index in [4.69, 9.17) is 14.2 Å². The van der Waals surface area contributed by atoms with Crippen molar-refractivity contribution >= 4 is 18.0 Å². The molecule has 2 atom stereocenters. The Labute approximate surface area is 154 Å². The number of hydrogen-bond acceptors (Lipinski definition) is 5. The summed E-state index contributed by atoms with van der Waals surface area (Å²) in [6.07, 6.45) is 3.99. The molecule has 0 spiro atoms. The van der Waals surface area contributed by atoms with Crippen LogP contribution in [0.2, 0.25) is 0 Å². The highest BCUT2D eigenvalue weighted by atomic mass is 16.5. The van der Waals surface area contributed by atoms with Gasteiger partial charge in [-0.3, -0.25) is 4.79 Å². The lowest BCUT2D eigenvalue weighted by Gasteiger charge is -2.34. The third-order valence-electron chi connectivity index (χ3n) is 4.39. The molecule has 1 saturated heterocycles. The number of likely N-dealkylation sites (tertiary alicyclic amines) is 1. The van der Waals surface area contributed by atoms with E-state index >= 15 is 0 Å². The standard InChI is InChI=1S/C20H27NO5/c1-14-10-15(2)12-21(11-14)18(22)13-26-19(23)9-8-16-6-5-7-17(24-3)20(16)25-4/h5-9,14-15H,10-13H2,1-4H3/b9-8+/t14-,15-/m1/s1. The minimum atomic E-state index is -0.568. The predicted octanol–water partition coefficient (Wildman–Crippen LogP) is 2.76. The zero-order valence-corrected chi connectivity index (χ0v) is 15.9. The summed E-state index contributed by atoms with van der Waals surface area (Å²) in [6, 6.07) is 5.37. The lowest BCUT2D eigenvalue weighted by molar-refractivity contribution is -0.149. The lowest BCUT2D eigenvalue weighted by Crippen LogP contribution is -2.44. The maximum atomic E-state index is 12.2. The second kappa shape index (κ2) is 9.27. The Morgan fingerprint density at radius 2 is 1.85 bits per heavy atom. The Bertz CT molecular complexity index is 660. The number of amides is 1. The number of carbonyl (C=O) groups excluding carboxylic acids is 2. The number of piperidine rings is 1. The van der Waals surface area contributed by atoms with E-state index in [1.54, 1.807) is 36.3 Å². The van der Waals surface area contributed by atoms with Crippen LogP contribution in [-0.4, -0.2) is 50.7 Å². The van der Waals surface area contributed by atoms with Gasteiger partial charge in [-0.1, -0.05) is 26.0 Å². The van der Waals surface area contributed by atoms with E-state index < -0.39 is 5.97 Å². The number of rotatable bonds is 6. The van der Waals surface area contributed by atoms with Crippen LogP contribution in [0.4, 0.5) is 0 Å². The first-order valence-corrected chi connectivity index (χ1v) is 8.78. The minimum Gasteiger partial charge on any atom is -0.493 e. The number of para-hydroxylation sites is 1. The van der Waals surface area contributed by atoms with E-state index in [1.165, 1.54) is 13.2 Å². The van der Waals surface area contributed by atoms with Gasteiger partial charge in [0.05, 0.1) is 14.2 Å². The largest absolute Gasteiger partial charge is 0.493 e. The number of methoxy groups -OCH3 is 2. The maximum Gasteiger partial charge on any atom is 0.331 e. The molecule has 0 bridgehead atoms. The van der Waals surface area contributed by atoms with Crippen molar-refractivity contribution in [2.45, 2.75) is 20.3 Å². The Hall–Kier alpha value is -2.50. The molecule has 0 aliphatic carbocycles. The number of hydrogen-bond donors (Lipinski definition) is 0. The fourth-order valence-corrected chi connectivity index (χ4v) is 3.34. The summed E-state index contributed by atoms with van der Waals surface area (Å²) in [5.41, 5.74) is 0.689. The van der Waals surface area contributed by atoms with E-state index in [2.05, 4.69) is 13.8 Å². The van der Waals surface area contributed by atoms with Gasteiger partial charge in [-0.2, -0.15) is 0 Å². The minimum absolute atomic E-state index is 0.149. The third kappa shape index (κ3) is 5.25. The van der Waals surface area contributed by atoms with Crippen LogP contribution in [0.1, 0.15) is 25.8 Å². The first-order valence-electron chi connectivity index (χ1n) is 8.78. The molecule has 1 amide bonds. The van der Waals surface area contributed by atoms with E-state index in [-0.39, 0.29) is 12.5 Å². The van der Waals surface area contributed by atoms with Gasteiger partial charge in [-0.05, 0) is 30.4 Å². The Balaban J connectivity index is 1.91. The molecule has 26 heavy (non-hydrogen) atoms. The van der Waals surface area contributed by atoms with Crippen LogP contribution in [0, 0.1) is 11.8 Å². The first kappa shape index (κ1) is 19.8. The van der Waals surface area contributed by atoms with E-state index in [9.17, 15) is 9.59 Å². The molecule has 1 aromatic rings. The van der Waals surface area contributed by atoms with Gasteiger partial charge < -0.3 is 19.1 Å². The van der Waals surface area contributed by atoms with Crippen LogP contribution in [0.15, 0.2) is 24.3 Å². The summed E-state index contributed by atoms with van der Waals surface area (Å²) in [5.74, 6) is 1.33. The Kier molecular flexibility index (Phi) is 7.06. The number of ether oxygens (including phenoxy) is 3. The normalized spacial score (nSPS) is 20.1. The molecule has 1 fully saturated rings. The fraction of sp³-hybridized carbons (Fsp3) is 0.500. The van der Waals surface area contributed by atoms with E-state index in [1.807, 2.05) is 0 Å². The van der Waals surface area contributed by atoms with Crippen LogP contribution >= 0.6 is 0 Å². The number of esters is 1. The molecule has 0 N–H and O–H groups in total. The molecule has 6 heteroatoms. The van der Waals surface area contributed by atoms with Crippen molar-refractivity contribution in [2.75, 3.05) is 33.9 Å². The highest BCUT2D eigenvalue weighted by Gasteiger charge is 2.25. The summed E-state index contributed by atoms with van der Waals surface area (Å²) in [4.78, 5) is 26.0. The van der Waals surface area contributed by atoms with Crippen LogP contribution in [0.5, 0.6) is 11.5 Å². The van der Waals surface area contributed by atoms with Crippen molar-refractivity contribution in [3.63, 3.8) is 0 Å². The van der Waals surface area contributed by atoms with Crippen molar-refractivity contribution in [3.8, 4) is 11.5 Å². The fourth-order valence-electron chi connectivity index (χ4n) is 3.34. The van der Waals surface area contributed by atoms with Gasteiger partial charge in [0.25, 0.3) is 5.91 Å². The lowest BCUT2D eigenvalue weighted by atomic mass is 9.92. The van der Waals surface area contributed by atoms with Gasteiger partial charge in [0.2, 0.25) is 0 Å². The quantitative estimate of drug-likeness (QED) is 0.576. The highest BCUT2D eigenvalue weighted by Crippen LogP contribution is 2.31. The van der Waals surface area contributed by atoms with Gasteiger partial charge in [0.15, 0.2) is 18.1 Å². The summed E-state index contributed by atoms with van der Waals surface area (Å²) in [5, 5.41) is 0. The molecule has 142 valence electrons. The first-order chi connectivity index (χ1) is 12.4. The molecule has 2 rings (SSSR count). The summed E-state index contributed by atoms with van der Waals surface area (Å²) >= 11 is 0. The maximum absolute atomic E-state index is 12.2. The van der Waals surface area contributed by atoms with Gasteiger partial charge in [-0.15, -0.1) is 0 Å². The van der Waals surface area contributed by atoms with Crippen molar-refractivity contribution in [1.29, 1.82) is 0 Å². The summed E-state index contributed by atoms with van der Waals surface area (Å²) in [7, 11) is 3.08. The number of benzene rings is 1. The number of nitrogens with zero attached hydrogens (tertiary/aromatic N) is 1. The van der Waals surface area contributed by atoms with Crippen LogP contribution in [-0.2, 0) is 14.3 Å². The topological polar surface area (TPSA) is 65.1 Å². The molecule has 0 saturated carbocycles. The van der Waals surface area contributed by atoms with E-state index in [0.29, 0.717) is 28.9 Å². The molecule has 6 nitrogen and oxygen atoms in total. The molecule has 0 unspecified atom stereocenters. The second-order valence-electron chi connectivity index (χ2n) is 6.77. The van der Waals surface area contributed by atoms with E-state index in [0.717, 1.165) is 19.5 Å². The van der Waals surface area contributed by atoms with Crippen molar-refractivity contribution in [3.05, 3.63) is 29.8 Å². The molecule has 1 aliphatic rings. The zero-order chi connectivity index (χ0) is 19.1. The van der Waals surface area contributed by atoms with Gasteiger partial charge >= 0.3 is 5.97 Å². The zero-order valence-electron chi connectivity index (χ0n) is 15.9. The smallest absolute Gasteiger partial charge is 0.331 e. The monoisotopic (exact) mass is 361 g/mol. The Morgan fingerprint density at radius 1 is 1.15 bits per heavy atom. The average Bonchev–Trinajstić information content (AvgIpc) is 2.62. The van der Waals surface area contributed by atoms with Crippen LogP contribution < -0.4 is 9.47 Å². The SMILES string of the molecule is COc1cccc(/C=C/C(=O)OCC(=O)N2C[C@H](C)C[C@@H](C)C2)c1OC. The highest BCUT2D eigenvalue weighted by molar-refractivity contribution is 5.90.